The molecule has 1 N–H and O–H groups in total. The number of nitriles is 1. The lowest BCUT2D eigenvalue weighted by molar-refractivity contribution is -0.117. The average molecular weight is 333 g/mol. The lowest BCUT2D eigenvalue weighted by atomic mass is 10.0. The lowest BCUT2D eigenvalue weighted by Gasteiger charge is -2.29. The highest BCUT2D eigenvalue weighted by Gasteiger charge is 2.22. The molecule has 5 nitrogen and oxygen atoms in total. The Kier molecular flexibility index (Phi) is 4.80. The van der Waals surface area contributed by atoms with E-state index in [9.17, 15) is 9.59 Å². The van der Waals surface area contributed by atoms with Crippen LogP contribution < -0.4 is 10.2 Å². The number of rotatable bonds is 4. The number of fused-ring (bicyclic) bond motifs is 1. The van der Waals surface area contributed by atoms with Gasteiger partial charge in [0.1, 0.15) is 0 Å². The van der Waals surface area contributed by atoms with Gasteiger partial charge in [-0.15, -0.1) is 0 Å². The second-order valence-electron chi connectivity index (χ2n) is 6.06. The van der Waals surface area contributed by atoms with Gasteiger partial charge in [0.15, 0.2) is 5.78 Å². The minimum absolute atomic E-state index is 0.0518. The summed E-state index contributed by atoms with van der Waals surface area (Å²) in [6, 6.07) is 14.8. The molecular weight excluding hydrogens is 314 g/mol. The van der Waals surface area contributed by atoms with E-state index < -0.39 is 0 Å². The van der Waals surface area contributed by atoms with E-state index in [0.717, 1.165) is 18.5 Å². The Bertz CT molecular complexity index is 867. The normalized spacial score (nSPS) is 12.9. The summed E-state index contributed by atoms with van der Waals surface area (Å²) in [5.74, 6) is -0.160. The second-order valence-corrected chi connectivity index (χ2v) is 6.06. The first-order valence-corrected chi connectivity index (χ1v) is 8.27. The maximum Gasteiger partial charge on any atom is 0.246 e. The van der Waals surface area contributed by atoms with Crippen LogP contribution in [0.3, 0.4) is 0 Å². The molecule has 0 saturated carbocycles. The molecule has 25 heavy (non-hydrogen) atoms. The van der Waals surface area contributed by atoms with Gasteiger partial charge in [0, 0.05) is 23.5 Å². The molecule has 0 saturated heterocycles. The Morgan fingerprint density at radius 1 is 1.24 bits per heavy atom. The molecule has 0 atom stereocenters. The number of carbonyl (C=O) groups is 2. The van der Waals surface area contributed by atoms with E-state index in [1.165, 1.54) is 12.5 Å². The highest BCUT2D eigenvalue weighted by Crippen LogP contribution is 2.27. The lowest BCUT2D eigenvalue weighted by Crippen LogP contribution is -2.39. The molecule has 0 radical (unpaired) electrons. The zero-order chi connectivity index (χ0) is 17.8. The molecule has 1 amide bonds. The number of para-hydroxylation sites is 1. The number of hydrogen-bond acceptors (Lipinski definition) is 4. The number of nitrogens with one attached hydrogen (secondary N) is 1. The van der Waals surface area contributed by atoms with Gasteiger partial charge >= 0.3 is 0 Å². The average Bonchev–Trinajstić information content (AvgIpc) is 2.65. The Balaban J connectivity index is 1.78. The van der Waals surface area contributed by atoms with Crippen molar-refractivity contribution in [3.8, 4) is 6.07 Å². The summed E-state index contributed by atoms with van der Waals surface area (Å²) in [5.41, 5.74) is 3.58. The highest BCUT2D eigenvalue weighted by atomic mass is 16.2. The first-order valence-electron chi connectivity index (χ1n) is 8.27. The van der Waals surface area contributed by atoms with Crippen LogP contribution in [0.5, 0.6) is 0 Å². The molecular formula is C20H19N3O2. The third kappa shape index (κ3) is 3.53. The number of aryl methyl sites for hydroxylation is 1. The maximum atomic E-state index is 12.7. The van der Waals surface area contributed by atoms with Gasteiger partial charge in [0.25, 0.3) is 0 Å². The minimum Gasteiger partial charge on any atom is -0.376 e. The third-order valence-corrected chi connectivity index (χ3v) is 4.37. The summed E-state index contributed by atoms with van der Waals surface area (Å²) in [4.78, 5) is 26.2. The van der Waals surface area contributed by atoms with Crippen molar-refractivity contribution in [1.29, 1.82) is 5.26 Å². The largest absolute Gasteiger partial charge is 0.376 e. The first kappa shape index (κ1) is 16.7. The molecule has 2 aromatic rings. The molecule has 0 aliphatic carbocycles. The maximum absolute atomic E-state index is 12.7. The Labute approximate surface area is 146 Å². The van der Waals surface area contributed by atoms with Gasteiger partial charge in [-0.2, -0.15) is 5.26 Å². The predicted molar refractivity (Wildman–Crippen MR) is 96.8 cm³/mol. The monoisotopic (exact) mass is 333 g/mol. The van der Waals surface area contributed by atoms with Crippen molar-refractivity contribution < 1.29 is 9.59 Å². The number of carbonyl (C=O) groups excluding carboxylic acids is 2. The SMILES string of the molecule is CC(=O)c1ccc(C#N)cc1NCC(=O)N1CCCc2ccccc21. The number of anilines is 2. The number of hydrogen-bond donors (Lipinski definition) is 1. The number of ketones is 1. The standard InChI is InChI=1S/C20H19N3O2/c1-14(24)17-9-8-15(12-21)11-18(17)22-13-20(25)23-10-4-6-16-5-2-3-7-19(16)23/h2-3,5,7-9,11,22H,4,6,10,13H2,1H3. The van der Waals surface area contributed by atoms with Crippen LogP contribution >= 0.6 is 0 Å². The van der Waals surface area contributed by atoms with Crippen molar-refractivity contribution in [2.24, 2.45) is 0 Å². The van der Waals surface area contributed by atoms with E-state index in [1.54, 1.807) is 23.1 Å². The fourth-order valence-electron chi connectivity index (χ4n) is 3.13. The summed E-state index contributed by atoms with van der Waals surface area (Å²) in [6.07, 6.45) is 1.91. The van der Waals surface area contributed by atoms with Crippen molar-refractivity contribution in [2.75, 3.05) is 23.3 Å². The van der Waals surface area contributed by atoms with Crippen LogP contribution in [0.1, 0.15) is 34.8 Å². The fourth-order valence-corrected chi connectivity index (χ4v) is 3.13. The summed E-state index contributed by atoms with van der Waals surface area (Å²) >= 11 is 0. The second kappa shape index (κ2) is 7.18. The van der Waals surface area contributed by atoms with E-state index >= 15 is 0 Å². The molecule has 3 rings (SSSR count). The van der Waals surface area contributed by atoms with Crippen molar-refractivity contribution in [3.63, 3.8) is 0 Å². The molecule has 1 heterocycles. The fraction of sp³-hybridized carbons (Fsp3) is 0.250. The molecule has 1 aliphatic rings. The summed E-state index contributed by atoms with van der Waals surface area (Å²) in [5, 5.41) is 12.1. The molecule has 0 fully saturated rings. The van der Waals surface area contributed by atoms with E-state index in [1.807, 2.05) is 24.3 Å². The molecule has 0 aromatic heterocycles. The Morgan fingerprint density at radius 2 is 2.04 bits per heavy atom. The molecule has 0 spiro atoms. The van der Waals surface area contributed by atoms with E-state index in [-0.39, 0.29) is 18.2 Å². The van der Waals surface area contributed by atoms with Crippen LogP contribution in [-0.2, 0) is 11.2 Å². The van der Waals surface area contributed by atoms with Gasteiger partial charge in [0.05, 0.1) is 18.2 Å². The van der Waals surface area contributed by atoms with Crippen molar-refractivity contribution >= 4 is 23.1 Å². The third-order valence-electron chi connectivity index (χ3n) is 4.37. The van der Waals surface area contributed by atoms with Gasteiger partial charge in [0.2, 0.25) is 5.91 Å². The minimum atomic E-state index is -0.109. The molecule has 0 bridgehead atoms. The van der Waals surface area contributed by atoms with E-state index in [4.69, 9.17) is 5.26 Å². The summed E-state index contributed by atoms with van der Waals surface area (Å²) in [7, 11) is 0. The van der Waals surface area contributed by atoms with Gasteiger partial charge in [-0.1, -0.05) is 18.2 Å². The van der Waals surface area contributed by atoms with Gasteiger partial charge in [-0.05, 0) is 49.6 Å². The van der Waals surface area contributed by atoms with Gasteiger partial charge < -0.3 is 10.2 Å². The van der Waals surface area contributed by atoms with Crippen LogP contribution in [0.4, 0.5) is 11.4 Å². The summed E-state index contributed by atoms with van der Waals surface area (Å²) < 4.78 is 0. The predicted octanol–water partition coefficient (Wildman–Crippen LogP) is 3.15. The number of nitrogens with zero attached hydrogens (tertiary/aromatic N) is 2. The zero-order valence-electron chi connectivity index (χ0n) is 14.1. The molecule has 126 valence electrons. The van der Waals surface area contributed by atoms with Crippen LogP contribution in [0.15, 0.2) is 42.5 Å². The van der Waals surface area contributed by atoms with Crippen molar-refractivity contribution in [3.05, 3.63) is 59.2 Å². The summed E-state index contributed by atoms with van der Waals surface area (Å²) in [6.45, 7) is 2.23. The molecule has 2 aromatic carbocycles. The van der Waals surface area contributed by atoms with E-state index in [0.29, 0.717) is 23.4 Å². The molecule has 1 aliphatic heterocycles. The molecule has 5 heteroatoms. The number of benzene rings is 2. The smallest absolute Gasteiger partial charge is 0.246 e. The Morgan fingerprint density at radius 3 is 2.80 bits per heavy atom. The van der Waals surface area contributed by atoms with Gasteiger partial charge in [-0.3, -0.25) is 9.59 Å². The molecule has 0 unspecified atom stereocenters. The van der Waals surface area contributed by atoms with E-state index in [2.05, 4.69) is 11.4 Å². The number of amides is 1. The topological polar surface area (TPSA) is 73.2 Å². The zero-order valence-corrected chi connectivity index (χ0v) is 14.1. The van der Waals surface area contributed by atoms with Crippen molar-refractivity contribution in [2.45, 2.75) is 19.8 Å². The van der Waals surface area contributed by atoms with Crippen LogP contribution in [0.2, 0.25) is 0 Å². The Hall–Kier alpha value is -3.13. The quantitative estimate of drug-likeness (QED) is 0.872. The number of Topliss-reactive ketones (excluding diaryl/α,β-unsaturated/α-hetero) is 1. The van der Waals surface area contributed by atoms with Gasteiger partial charge in [-0.25, -0.2) is 0 Å². The van der Waals surface area contributed by atoms with Crippen LogP contribution in [0, 0.1) is 11.3 Å². The van der Waals surface area contributed by atoms with Crippen LogP contribution in [0.25, 0.3) is 0 Å². The van der Waals surface area contributed by atoms with Crippen LogP contribution in [-0.4, -0.2) is 24.8 Å². The van der Waals surface area contributed by atoms with Crippen molar-refractivity contribution in [1.82, 2.24) is 0 Å². The highest BCUT2D eigenvalue weighted by molar-refractivity contribution is 6.01. The first-order chi connectivity index (χ1) is 12.1.